The third-order valence-corrected chi connectivity index (χ3v) is 2.64. The summed E-state index contributed by atoms with van der Waals surface area (Å²) < 4.78 is 5.58. The van der Waals surface area contributed by atoms with Gasteiger partial charge in [0.25, 0.3) is 0 Å². The molecule has 0 atom stereocenters. The van der Waals surface area contributed by atoms with Crippen molar-refractivity contribution in [1.29, 1.82) is 0 Å². The number of halogens is 1. The van der Waals surface area contributed by atoms with Crippen LogP contribution in [0.15, 0.2) is 0 Å². The van der Waals surface area contributed by atoms with E-state index in [0.29, 0.717) is 23.5 Å². The Morgan fingerprint density at radius 2 is 2.00 bits per heavy atom. The van der Waals surface area contributed by atoms with Crippen LogP contribution < -0.4 is 0 Å². The van der Waals surface area contributed by atoms with E-state index >= 15 is 0 Å². The summed E-state index contributed by atoms with van der Waals surface area (Å²) in [5.74, 6) is 0.575. The highest BCUT2D eigenvalue weighted by Gasteiger charge is 2.15. The average molecular weight is 207 g/mol. The second-order valence-electron chi connectivity index (χ2n) is 3.19. The lowest BCUT2D eigenvalue weighted by Crippen LogP contribution is -2.19. The summed E-state index contributed by atoms with van der Waals surface area (Å²) >= 11 is 10.6. The number of hydrogen-bond donors (Lipinski definition) is 0. The van der Waals surface area contributed by atoms with Gasteiger partial charge in [-0.1, -0.05) is 6.42 Å². The average Bonchev–Trinajstić information content (AvgIpc) is 2.06. The topological polar surface area (TPSA) is 9.23 Å². The van der Waals surface area contributed by atoms with Crippen LogP contribution in [0.1, 0.15) is 38.5 Å². The second-order valence-corrected chi connectivity index (χ2v) is 4.02. The van der Waals surface area contributed by atoms with Gasteiger partial charge in [-0.25, -0.2) is 0 Å². The molecule has 1 aliphatic carbocycles. The van der Waals surface area contributed by atoms with Crippen LogP contribution in [0.3, 0.4) is 0 Å². The predicted molar refractivity (Wildman–Crippen MR) is 55.9 cm³/mol. The Labute approximate surface area is 84.4 Å². The van der Waals surface area contributed by atoms with Gasteiger partial charge >= 0.3 is 0 Å². The van der Waals surface area contributed by atoms with Crippen molar-refractivity contribution < 1.29 is 4.74 Å². The Morgan fingerprint density at radius 1 is 1.33 bits per heavy atom. The molecule has 0 spiro atoms. The van der Waals surface area contributed by atoms with Gasteiger partial charge in [0.2, 0.25) is 0 Å². The lowest BCUT2D eigenvalue weighted by atomic mass is 9.98. The van der Waals surface area contributed by atoms with E-state index < -0.39 is 0 Å². The van der Waals surface area contributed by atoms with E-state index in [1.165, 1.54) is 32.1 Å². The van der Waals surface area contributed by atoms with Crippen molar-refractivity contribution >= 4 is 28.9 Å². The van der Waals surface area contributed by atoms with Crippen LogP contribution in [0.25, 0.3) is 0 Å². The molecule has 0 aromatic rings. The van der Waals surface area contributed by atoms with Crippen molar-refractivity contribution in [2.45, 2.75) is 44.6 Å². The smallest absolute Gasteiger partial charge is 0.161 e. The summed E-state index contributed by atoms with van der Waals surface area (Å²) in [7, 11) is 0. The molecule has 0 amide bonds. The number of hydrogen-bond acceptors (Lipinski definition) is 2. The summed E-state index contributed by atoms with van der Waals surface area (Å²) in [5.41, 5.74) is 0. The fourth-order valence-corrected chi connectivity index (χ4v) is 2.03. The van der Waals surface area contributed by atoms with Gasteiger partial charge in [-0.2, -0.15) is 0 Å². The first-order valence-electron chi connectivity index (χ1n) is 4.58. The van der Waals surface area contributed by atoms with Gasteiger partial charge in [0, 0.05) is 12.3 Å². The van der Waals surface area contributed by atoms with E-state index in [9.17, 15) is 0 Å². The minimum Gasteiger partial charge on any atom is -0.484 e. The minimum atomic E-state index is 0.384. The Kier molecular flexibility index (Phi) is 4.93. The summed E-state index contributed by atoms with van der Waals surface area (Å²) in [5, 5.41) is 0.692. The predicted octanol–water partition coefficient (Wildman–Crippen LogP) is 3.29. The Morgan fingerprint density at radius 3 is 2.58 bits per heavy atom. The maximum absolute atomic E-state index is 5.58. The van der Waals surface area contributed by atoms with Crippen molar-refractivity contribution in [2.75, 3.05) is 5.88 Å². The first-order chi connectivity index (χ1) is 5.83. The zero-order chi connectivity index (χ0) is 8.81. The normalized spacial score (nSPS) is 19.1. The number of alkyl halides is 1. The number of rotatable bonds is 3. The Bertz CT molecular complexity index is 143. The molecule has 0 radical (unpaired) electrons. The number of ether oxygens (including phenoxy) is 1. The third kappa shape index (κ3) is 3.72. The van der Waals surface area contributed by atoms with Crippen molar-refractivity contribution in [1.82, 2.24) is 0 Å². The Hall–Kier alpha value is 0.180. The molecule has 0 unspecified atom stereocenters. The monoisotopic (exact) mass is 206 g/mol. The molecule has 0 aliphatic heterocycles. The summed E-state index contributed by atoms with van der Waals surface area (Å²) in [6, 6.07) is 0. The van der Waals surface area contributed by atoms with Crippen LogP contribution in [0, 0.1) is 0 Å². The van der Waals surface area contributed by atoms with E-state index in [-0.39, 0.29) is 0 Å². The van der Waals surface area contributed by atoms with Crippen LogP contribution >= 0.6 is 23.8 Å². The molecule has 1 rings (SSSR count). The highest BCUT2D eigenvalue weighted by Crippen LogP contribution is 2.20. The lowest BCUT2D eigenvalue weighted by Gasteiger charge is -2.22. The fraction of sp³-hybridized carbons (Fsp3) is 0.889. The molecule has 70 valence electrons. The molecule has 0 heterocycles. The maximum atomic E-state index is 5.58. The van der Waals surface area contributed by atoms with Crippen molar-refractivity contribution in [3.63, 3.8) is 0 Å². The molecule has 1 aliphatic rings. The van der Waals surface area contributed by atoms with Gasteiger partial charge in [-0.05, 0) is 37.9 Å². The lowest BCUT2D eigenvalue weighted by molar-refractivity contribution is 0.144. The molecule has 12 heavy (non-hydrogen) atoms. The molecule has 0 aromatic heterocycles. The Balaban J connectivity index is 2.15. The molecule has 0 aromatic carbocycles. The van der Waals surface area contributed by atoms with Crippen molar-refractivity contribution in [2.24, 2.45) is 0 Å². The zero-order valence-electron chi connectivity index (χ0n) is 7.22. The van der Waals surface area contributed by atoms with E-state index in [1.54, 1.807) is 0 Å². The quantitative estimate of drug-likeness (QED) is 0.518. The molecular weight excluding hydrogens is 192 g/mol. The molecule has 0 bridgehead atoms. The summed E-state index contributed by atoms with van der Waals surface area (Å²) in [4.78, 5) is 0. The summed E-state index contributed by atoms with van der Waals surface area (Å²) in [6.07, 6.45) is 7.36. The van der Waals surface area contributed by atoms with Gasteiger partial charge in [-0.15, -0.1) is 11.6 Å². The molecule has 1 saturated carbocycles. The highest BCUT2D eigenvalue weighted by atomic mass is 35.5. The molecular formula is C9H15ClOS. The van der Waals surface area contributed by atoms with Crippen molar-refractivity contribution in [3.05, 3.63) is 0 Å². The van der Waals surface area contributed by atoms with Crippen LogP contribution in [-0.4, -0.2) is 17.0 Å². The van der Waals surface area contributed by atoms with E-state index in [4.69, 9.17) is 28.6 Å². The van der Waals surface area contributed by atoms with E-state index in [1.807, 2.05) is 0 Å². The second kappa shape index (κ2) is 5.76. The standard InChI is InChI=1S/C9H15ClOS/c10-7-6-9(12)11-8-4-2-1-3-5-8/h8H,1-7H2. The summed E-state index contributed by atoms with van der Waals surface area (Å²) in [6.45, 7) is 0. The zero-order valence-corrected chi connectivity index (χ0v) is 8.79. The van der Waals surface area contributed by atoms with E-state index in [0.717, 1.165) is 0 Å². The van der Waals surface area contributed by atoms with Gasteiger partial charge in [0.15, 0.2) is 5.05 Å². The maximum Gasteiger partial charge on any atom is 0.161 e. The fourth-order valence-electron chi connectivity index (χ4n) is 1.50. The molecule has 1 nitrogen and oxygen atoms in total. The highest BCUT2D eigenvalue weighted by molar-refractivity contribution is 7.80. The van der Waals surface area contributed by atoms with Crippen LogP contribution in [-0.2, 0) is 4.74 Å². The largest absolute Gasteiger partial charge is 0.484 e. The SMILES string of the molecule is S=C(CCCl)OC1CCCCC1. The van der Waals surface area contributed by atoms with Gasteiger partial charge < -0.3 is 4.74 Å². The van der Waals surface area contributed by atoms with Gasteiger partial charge in [0.1, 0.15) is 0 Å². The molecule has 0 N–H and O–H groups in total. The van der Waals surface area contributed by atoms with Crippen LogP contribution in [0.5, 0.6) is 0 Å². The first kappa shape index (κ1) is 10.3. The molecule has 1 fully saturated rings. The van der Waals surface area contributed by atoms with Gasteiger partial charge in [-0.3, -0.25) is 0 Å². The first-order valence-corrected chi connectivity index (χ1v) is 5.52. The number of thiocarbonyl (C=S) groups is 1. The molecule has 3 heteroatoms. The van der Waals surface area contributed by atoms with Crippen LogP contribution in [0.4, 0.5) is 0 Å². The third-order valence-electron chi connectivity index (χ3n) is 2.15. The van der Waals surface area contributed by atoms with Crippen LogP contribution in [0.2, 0.25) is 0 Å². The minimum absolute atomic E-state index is 0.384. The molecule has 0 saturated heterocycles. The van der Waals surface area contributed by atoms with Crippen molar-refractivity contribution in [3.8, 4) is 0 Å². The van der Waals surface area contributed by atoms with E-state index in [2.05, 4.69) is 0 Å². The van der Waals surface area contributed by atoms with Gasteiger partial charge in [0.05, 0.1) is 6.10 Å².